The van der Waals surface area contributed by atoms with Crippen molar-refractivity contribution >= 4 is 17.7 Å². The number of nitrogens with zero attached hydrogens (tertiary/aromatic N) is 3. The minimum atomic E-state index is -0.861. The van der Waals surface area contributed by atoms with E-state index in [1.165, 1.54) is 5.56 Å². The number of rotatable bonds is 4. The first-order valence-corrected chi connectivity index (χ1v) is 6.37. The fraction of sp³-hybridized carbons (Fsp3) is 0.250. The molecular formula is C12H13N3O2S. The molecule has 0 saturated carbocycles. The monoisotopic (exact) mass is 263 g/mol. The highest BCUT2D eigenvalue weighted by Gasteiger charge is 2.10. The molecule has 18 heavy (non-hydrogen) atoms. The fourth-order valence-electron chi connectivity index (χ4n) is 1.45. The molecule has 0 aliphatic carbocycles. The van der Waals surface area contributed by atoms with E-state index in [1.54, 1.807) is 11.7 Å². The van der Waals surface area contributed by atoms with Crippen molar-refractivity contribution in [2.45, 2.75) is 12.1 Å². The SMILES string of the molecule is Cc1ccc(-c2nc(SCC(=O)O)n(C)n2)cc1. The first-order chi connectivity index (χ1) is 8.56. The zero-order chi connectivity index (χ0) is 13.1. The average molecular weight is 263 g/mol. The molecule has 0 radical (unpaired) electrons. The lowest BCUT2D eigenvalue weighted by Gasteiger charge is -1.95. The number of aliphatic carboxylic acids is 1. The predicted molar refractivity (Wildman–Crippen MR) is 69.5 cm³/mol. The van der Waals surface area contributed by atoms with Gasteiger partial charge in [0.15, 0.2) is 11.0 Å². The van der Waals surface area contributed by atoms with E-state index in [1.807, 2.05) is 31.2 Å². The number of hydrogen-bond acceptors (Lipinski definition) is 4. The molecule has 0 fully saturated rings. The van der Waals surface area contributed by atoms with Gasteiger partial charge in [0.1, 0.15) is 0 Å². The van der Waals surface area contributed by atoms with Crippen molar-refractivity contribution in [3.05, 3.63) is 29.8 Å². The Morgan fingerprint density at radius 3 is 2.67 bits per heavy atom. The maximum atomic E-state index is 10.5. The van der Waals surface area contributed by atoms with Gasteiger partial charge < -0.3 is 5.11 Å². The molecular weight excluding hydrogens is 250 g/mol. The highest BCUT2D eigenvalue weighted by Crippen LogP contribution is 2.21. The minimum absolute atomic E-state index is 0.0140. The van der Waals surface area contributed by atoms with Gasteiger partial charge >= 0.3 is 5.97 Å². The van der Waals surface area contributed by atoms with Crippen LogP contribution in [0.25, 0.3) is 11.4 Å². The summed E-state index contributed by atoms with van der Waals surface area (Å²) in [5, 5.41) is 13.5. The lowest BCUT2D eigenvalue weighted by molar-refractivity contribution is -0.133. The van der Waals surface area contributed by atoms with Gasteiger partial charge in [-0.05, 0) is 6.92 Å². The number of aryl methyl sites for hydroxylation is 2. The van der Waals surface area contributed by atoms with Gasteiger partial charge in [0.05, 0.1) is 5.75 Å². The summed E-state index contributed by atoms with van der Waals surface area (Å²) in [7, 11) is 1.76. The highest BCUT2D eigenvalue weighted by atomic mass is 32.2. The number of thioether (sulfide) groups is 1. The fourth-order valence-corrected chi connectivity index (χ4v) is 2.08. The van der Waals surface area contributed by atoms with Crippen LogP contribution >= 0.6 is 11.8 Å². The highest BCUT2D eigenvalue weighted by molar-refractivity contribution is 7.99. The minimum Gasteiger partial charge on any atom is -0.481 e. The summed E-state index contributed by atoms with van der Waals surface area (Å²) >= 11 is 1.16. The van der Waals surface area contributed by atoms with Crippen LogP contribution < -0.4 is 0 Å². The quantitative estimate of drug-likeness (QED) is 0.854. The predicted octanol–water partition coefficient (Wildman–Crippen LogP) is 1.97. The summed E-state index contributed by atoms with van der Waals surface area (Å²) in [6.07, 6.45) is 0. The van der Waals surface area contributed by atoms with Crippen LogP contribution in [0.2, 0.25) is 0 Å². The molecule has 2 aromatic rings. The van der Waals surface area contributed by atoms with Crippen LogP contribution in [-0.4, -0.2) is 31.6 Å². The summed E-state index contributed by atoms with van der Waals surface area (Å²) < 4.78 is 1.60. The van der Waals surface area contributed by atoms with Crippen LogP contribution in [0.1, 0.15) is 5.56 Å². The van der Waals surface area contributed by atoms with Crippen LogP contribution in [0.15, 0.2) is 29.4 Å². The van der Waals surface area contributed by atoms with Crippen LogP contribution in [-0.2, 0) is 11.8 Å². The van der Waals surface area contributed by atoms with E-state index in [-0.39, 0.29) is 5.75 Å². The summed E-state index contributed by atoms with van der Waals surface area (Å²) in [6, 6.07) is 7.90. The first kappa shape index (κ1) is 12.6. The van der Waals surface area contributed by atoms with Crippen molar-refractivity contribution in [3.63, 3.8) is 0 Å². The molecule has 6 heteroatoms. The maximum Gasteiger partial charge on any atom is 0.313 e. The summed E-state index contributed by atoms with van der Waals surface area (Å²) in [4.78, 5) is 14.9. The molecule has 0 bridgehead atoms. The Balaban J connectivity index is 2.22. The van der Waals surface area contributed by atoms with E-state index in [0.717, 1.165) is 17.3 Å². The topological polar surface area (TPSA) is 68.0 Å². The van der Waals surface area contributed by atoms with E-state index >= 15 is 0 Å². The van der Waals surface area contributed by atoms with Gasteiger partial charge in [-0.1, -0.05) is 41.6 Å². The number of carbonyl (C=O) groups is 1. The van der Waals surface area contributed by atoms with E-state index in [0.29, 0.717) is 11.0 Å². The average Bonchev–Trinajstić information content (AvgIpc) is 2.69. The third kappa shape index (κ3) is 2.89. The Morgan fingerprint density at radius 1 is 1.39 bits per heavy atom. The molecule has 2 rings (SSSR count). The summed E-state index contributed by atoms with van der Waals surface area (Å²) in [6.45, 7) is 2.02. The third-order valence-corrected chi connectivity index (χ3v) is 3.36. The number of carboxylic acid groups (broad SMARTS) is 1. The molecule has 0 atom stereocenters. The van der Waals surface area contributed by atoms with Crippen molar-refractivity contribution in [2.24, 2.45) is 7.05 Å². The van der Waals surface area contributed by atoms with Gasteiger partial charge in [-0.2, -0.15) is 5.10 Å². The van der Waals surface area contributed by atoms with E-state index < -0.39 is 5.97 Å². The molecule has 1 N–H and O–H groups in total. The molecule has 0 unspecified atom stereocenters. The summed E-state index contributed by atoms with van der Waals surface area (Å²) in [5.74, 6) is -0.259. The summed E-state index contributed by atoms with van der Waals surface area (Å²) in [5.41, 5.74) is 2.11. The Kier molecular flexibility index (Phi) is 3.66. The zero-order valence-electron chi connectivity index (χ0n) is 10.1. The van der Waals surface area contributed by atoms with Gasteiger partial charge in [-0.25, -0.2) is 9.67 Å². The molecule has 94 valence electrons. The van der Waals surface area contributed by atoms with Gasteiger partial charge in [0.25, 0.3) is 0 Å². The number of benzene rings is 1. The number of hydrogen-bond donors (Lipinski definition) is 1. The van der Waals surface area contributed by atoms with Crippen molar-refractivity contribution in [1.82, 2.24) is 14.8 Å². The standard InChI is InChI=1S/C12H13N3O2S/c1-8-3-5-9(6-4-8)11-13-12(15(2)14-11)18-7-10(16)17/h3-6H,7H2,1-2H3,(H,16,17). The molecule has 1 aromatic heterocycles. The van der Waals surface area contributed by atoms with Crippen molar-refractivity contribution in [1.29, 1.82) is 0 Å². The second-order valence-electron chi connectivity index (χ2n) is 3.89. The molecule has 0 spiro atoms. The molecule has 0 aliphatic heterocycles. The number of carboxylic acids is 1. The Bertz CT molecular complexity index is 563. The normalized spacial score (nSPS) is 10.6. The molecule has 1 heterocycles. The van der Waals surface area contributed by atoms with Crippen molar-refractivity contribution in [3.8, 4) is 11.4 Å². The molecule has 0 amide bonds. The van der Waals surface area contributed by atoms with Gasteiger partial charge in [0.2, 0.25) is 0 Å². The van der Waals surface area contributed by atoms with Crippen LogP contribution in [0.5, 0.6) is 0 Å². The van der Waals surface area contributed by atoms with E-state index in [4.69, 9.17) is 5.11 Å². The maximum absolute atomic E-state index is 10.5. The molecule has 0 aliphatic rings. The van der Waals surface area contributed by atoms with Gasteiger partial charge in [0, 0.05) is 12.6 Å². The van der Waals surface area contributed by atoms with Crippen LogP contribution in [0.3, 0.4) is 0 Å². The molecule has 5 nitrogen and oxygen atoms in total. The van der Waals surface area contributed by atoms with Gasteiger partial charge in [-0.15, -0.1) is 0 Å². The van der Waals surface area contributed by atoms with E-state index in [9.17, 15) is 4.79 Å². The Labute approximate surface area is 109 Å². The smallest absolute Gasteiger partial charge is 0.313 e. The van der Waals surface area contributed by atoms with Crippen molar-refractivity contribution in [2.75, 3.05) is 5.75 Å². The number of aromatic nitrogens is 3. The second kappa shape index (κ2) is 5.22. The zero-order valence-corrected chi connectivity index (χ0v) is 10.9. The molecule has 0 saturated heterocycles. The van der Waals surface area contributed by atoms with E-state index in [2.05, 4.69) is 10.1 Å². The lowest BCUT2D eigenvalue weighted by Crippen LogP contribution is -2.00. The van der Waals surface area contributed by atoms with Crippen LogP contribution in [0, 0.1) is 6.92 Å². The lowest BCUT2D eigenvalue weighted by atomic mass is 10.1. The Hall–Kier alpha value is -1.82. The largest absolute Gasteiger partial charge is 0.481 e. The third-order valence-electron chi connectivity index (χ3n) is 2.36. The molecule has 1 aromatic carbocycles. The van der Waals surface area contributed by atoms with Gasteiger partial charge in [-0.3, -0.25) is 4.79 Å². The van der Waals surface area contributed by atoms with Crippen LogP contribution in [0.4, 0.5) is 0 Å². The second-order valence-corrected chi connectivity index (χ2v) is 4.83. The first-order valence-electron chi connectivity index (χ1n) is 5.39. The Morgan fingerprint density at radius 2 is 2.06 bits per heavy atom. The van der Waals surface area contributed by atoms with Crippen molar-refractivity contribution < 1.29 is 9.90 Å².